The fourth-order valence-corrected chi connectivity index (χ4v) is 5.12. The summed E-state index contributed by atoms with van der Waals surface area (Å²) in [5.74, 6) is 2.91. The van der Waals surface area contributed by atoms with Crippen LogP contribution in [0.1, 0.15) is 123 Å². The van der Waals surface area contributed by atoms with Crippen LogP contribution in [0.15, 0.2) is 12.2 Å². The van der Waals surface area contributed by atoms with E-state index < -0.39 is 0 Å². The lowest BCUT2D eigenvalue weighted by Crippen LogP contribution is -2.23. The van der Waals surface area contributed by atoms with Crippen molar-refractivity contribution in [3.63, 3.8) is 0 Å². The fraction of sp³-hybridized carbons (Fsp3) is 0.923. The Kier molecular flexibility index (Phi) is 12.5. The van der Waals surface area contributed by atoms with Gasteiger partial charge >= 0.3 is 0 Å². The van der Waals surface area contributed by atoms with Gasteiger partial charge in [-0.05, 0) is 82.0 Å². The molecule has 0 unspecified atom stereocenters. The van der Waals surface area contributed by atoms with Crippen LogP contribution in [0.25, 0.3) is 0 Å². The molecule has 0 heterocycles. The number of rotatable bonds is 13. The van der Waals surface area contributed by atoms with Gasteiger partial charge in [0.2, 0.25) is 0 Å². The molecule has 2 aliphatic carbocycles. The SMILES string of the molecule is CCCCC=CC1CCC(CCC2CCC(OCCCCCC)CC2)CC1. The Hall–Kier alpha value is -0.300. The van der Waals surface area contributed by atoms with Crippen LogP contribution in [0.4, 0.5) is 0 Å². The monoisotopic (exact) mass is 376 g/mol. The summed E-state index contributed by atoms with van der Waals surface area (Å²) in [6.45, 7) is 5.57. The normalized spacial score (nSPS) is 29.4. The van der Waals surface area contributed by atoms with Gasteiger partial charge in [0, 0.05) is 6.61 Å². The molecule has 2 saturated carbocycles. The van der Waals surface area contributed by atoms with Gasteiger partial charge in [-0.25, -0.2) is 0 Å². The van der Waals surface area contributed by atoms with E-state index in [9.17, 15) is 0 Å². The molecule has 0 N–H and O–H groups in total. The van der Waals surface area contributed by atoms with Crippen molar-refractivity contribution in [1.29, 1.82) is 0 Å². The van der Waals surface area contributed by atoms with E-state index >= 15 is 0 Å². The van der Waals surface area contributed by atoms with E-state index in [0.29, 0.717) is 6.10 Å². The minimum atomic E-state index is 0.581. The van der Waals surface area contributed by atoms with Crippen molar-refractivity contribution in [3.8, 4) is 0 Å². The van der Waals surface area contributed by atoms with Crippen molar-refractivity contribution in [2.24, 2.45) is 17.8 Å². The van der Waals surface area contributed by atoms with E-state index in [4.69, 9.17) is 4.74 Å². The topological polar surface area (TPSA) is 9.23 Å². The smallest absolute Gasteiger partial charge is 0.0575 e. The molecule has 2 aliphatic rings. The number of hydrogen-bond donors (Lipinski definition) is 0. The molecule has 2 rings (SSSR count). The second-order valence-electron chi connectivity index (χ2n) is 9.50. The standard InChI is InChI=1S/C26H48O/c1-3-5-7-9-11-23-12-14-24(15-13-23)16-17-25-18-20-26(21-19-25)27-22-10-8-6-4-2/h9,11,23-26H,3-8,10,12-22H2,1-2H3. The molecule has 1 nitrogen and oxygen atoms in total. The van der Waals surface area contributed by atoms with Crippen LogP contribution in [0.5, 0.6) is 0 Å². The van der Waals surface area contributed by atoms with Crippen LogP contribution >= 0.6 is 0 Å². The van der Waals surface area contributed by atoms with E-state index in [1.165, 1.54) is 109 Å². The van der Waals surface area contributed by atoms with E-state index in [-0.39, 0.29) is 0 Å². The Morgan fingerprint density at radius 1 is 0.704 bits per heavy atom. The third-order valence-corrected chi connectivity index (χ3v) is 7.15. The summed E-state index contributed by atoms with van der Waals surface area (Å²) in [6, 6.07) is 0. The minimum absolute atomic E-state index is 0.581. The molecule has 0 aromatic heterocycles. The summed E-state index contributed by atoms with van der Waals surface area (Å²) in [5, 5.41) is 0. The second-order valence-corrected chi connectivity index (χ2v) is 9.50. The Labute approximate surface area is 170 Å². The first-order chi connectivity index (χ1) is 13.3. The summed E-state index contributed by atoms with van der Waals surface area (Å²) in [6.07, 6.45) is 29.2. The van der Waals surface area contributed by atoms with E-state index in [2.05, 4.69) is 26.0 Å². The zero-order chi connectivity index (χ0) is 19.2. The number of ether oxygens (including phenoxy) is 1. The quantitative estimate of drug-likeness (QED) is 0.231. The minimum Gasteiger partial charge on any atom is -0.378 e. The van der Waals surface area contributed by atoms with Gasteiger partial charge in [0.15, 0.2) is 0 Å². The molecule has 0 bridgehead atoms. The zero-order valence-corrected chi connectivity index (χ0v) is 18.6. The molecular weight excluding hydrogens is 328 g/mol. The van der Waals surface area contributed by atoms with Gasteiger partial charge in [-0.2, -0.15) is 0 Å². The van der Waals surface area contributed by atoms with Gasteiger partial charge in [0.1, 0.15) is 0 Å². The van der Waals surface area contributed by atoms with E-state index in [1.54, 1.807) is 0 Å². The highest BCUT2D eigenvalue weighted by molar-refractivity contribution is 4.91. The average molecular weight is 377 g/mol. The van der Waals surface area contributed by atoms with Gasteiger partial charge in [-0.3, -0.25) is 0 Å². The third kappa shape index (κ3) is 10.2. The van der Waals surface area contributed by atoms with Crippen molar-refractivity contribution in [2.45, 2.75) is 129 Å². The molecule has 1 heteroatoms. The van der Waals surface area contributed by atoms with Crippen LogP contribution in [0.3, 0.4) is 0 Å². The van der Waals surface area contributed by atoms with Crippen molar-refractivity contribution in [1.82, 2.24) is 0 Å². The highest BCUT2D eigenvalue weighted by atomic mass is 16.5. The summed E-state index contributed by atoms with van der Waals surface area (Å²) < 4.78 is 6.13. The number of unbranched alkanes of at least 4 members (excludes halogenated alkanes) is 5. The van der Waals surface area contributed by atoms with Crippen molar-refractivity contribution in [3.05, 3.63) is 12.2 Å². The first kappa shape index (κ1) is 23.0. The molecule has 0 aliphatic heterocycles. The van der Waals surface area contributed by atoms with Crippen LogP contribution in [-0.2, 0) is 4.74 Å². The molecule has 0 aromatic carbocycles. The first-order valence-corrected chi connectivity index (χ1v) is 12.6. The lowest BCUT2D eigenvalue weighted by atomic mass is 9.77. The number of allylic oxidation sites excluding steroid dienone is 2. The van der Waals surface area contributed by atoms with Crippen LogP contribution in [-0.4, -0.2) is 12.7 Å². The van der Waals surface area contributed by atoms with Crippen LogP contribution in [0, 0.1) is 17.8 Å². The molecule has 0 radical (unpaired) electrons. The summed E-state index contributed by atoms with van der Waals surface area (Å²) in [5.41, 5.74) is 0. The Bertz CT molecular complexity index is 358. The molecule has 2 fully saturated rings. The summed E-state index contributed by atoms with van der Waals surface area (Å²) >= 11 is 0. The molecule has 0 spiro atoms. The van der Waals surface area contributed by atoms with E-state index in [0.717, 1.165) is 24.4 Å². The maximum Gasteiger partial charge on any atom is 0.0575 e. The summed E-state index contributed by atoms with van der Waals surface area (Å²) in [4.78, 5) is 0. The van der Waals surface area contributed by atoms with Gasteiger partial charge in [0.05, 0.1) is 6.10 Å². The van der Waals surface area contributed by atoms with Gasteiger partial charge in [0.25, 0.3) is 0 Å². The molecule has 0 amide bonds. The van der Waals surface area contributed by atoms with Gasteiger partial charge in [-0.15, -0.1) is 0 Å². The highest BCUT2D eigenvalue weighted by Gasteiger charge is 2.24. The maximum atomic E-state index is 6.13. The van der Waals surface area contributed by atoms with Crippen LogP contribution < -0.4 is 0 Å². The molecular formula is C26H48O. The van der Waals surface area contributed by atoms with Gasteiger partial charge < -0.3 is 4.74 Å². The van der Waals surface area contributed by atoms with E-state index in [1.807, 2.05) is 0 Å². The van der Waals surface area contributed by atoms with Crippen molar-refractivity contribution < 1.29 is 4.74 Å². The zero-order valence-electron chi connectivity index (χ0n) is 18.6. The Morgan fingerprint density at radius 2 is 1.33 bits per heavy atom. The van der Waals surface area contributed by atoms with Crippen LogP contribution in [0.2, 0.25) is 0 Å². The molecule has 158 valence electrons. The molecule has 0 aromatic rings. The maximum absolute atomic E-state index is 6.13. The largest absolute Gasteiger partial charge is 0.378 e. The van der Waals surface area contributed by atoms with Crippen molar-refractivity contribution in [2.75, 3.05) is 6.61 Å². The fourth-order valence-electron chi connectivity index (χ4n) is 5.12. The third-order valence-electron chi connectivity index (χ3n) is 7.15. The second kappa shape index (κ2) is 14.7. The van der Waals surface area contributed by atoms with Gasteiger partial charge in [-0.1, -0.05) is 70.9 Å². The lowest BCUT2D eigenvalue weighted by molar-refractivity contribution is 0.0145. The Morgan fingerprint density at radius 3 is 1.96 bits per heavy atom. The number of hydrogen-bond acceptors (Lipinski definition) is 1. The molecule has 0 saturated heterocycles. The average Bonchev–Trinajstić information content (AvgIpc) is 2.71. The summed E-state index contributed by atoms with van der Waals surface area (Å²) in [7, 11) is 0. The molecule has 0 atom stereocenters. The lowest BCUT2D eigenvalue weighted by Gasteiger charge is -2.31. The molecule has 27 heavy (non-hydrogen) atoms. The van der Waals surface area contributed by atoms with Crippen molar-refractivity contribution >= 4 is 0 Å². The first-order valence-electron chi connectivity index (χ1n) is 12.6. The Balaban J connectivity index is 1.48. The highest BCUT2D eigenvalue weighted by Crippen LogP contribution is 2.36. The predicted molar refractivity (Wildman–Crippen MR) is 119 cm³/mol. The predicted octanol–water partition coefficient (Wildman–Crippen LogP) is 8.48.